The molecule has 0 saturated heterocycles. The van der Waals surface area contributed by atoms with Crippen LogP contribution in [0.15, 0.2) is 58.2 Å². The van der Waals surface area contributed by atoms with Gasteiger partial charge in [0, 0.05) is 10.3 Å². The summed E-state index contributed by atoms with van der Waals surface area (Å²) in [5.41, 5.74) is 3.50. The summed E-state index contributed by atoms with van der Waals surface area (Å²) in [5, 5.41) is 0. The van der Waals surface area contributed by atoms with Crippen molar-refractivity contribution in [2.75, 3.05) is 0 Å². The van der Waals surface area contributed by atoms with Gasteiger partial charge in [-0.1, -0.05) is 49.8 Å². The number of halogens is 2. The molecule has 0 amide bonds. The number of benzene rings is 1. The van der Waals surface area contributed by atoms with Gasteiger partial charge in [0.15, 0.2) is 0 Å². The van der Waals surface area contributed by atoms with Gasteiger partial charge in [-0.3, -0.25) is 0 Å². The van der Waals surface area contributed by atoms with Crippen LogP contribution in [-0.4, -0.2) is 0 Å². The van der Waals surface area contributed by atoms with Crippen LogP contribution < -0.4 is 0 Å². The molecule has 2 unspecified atom stereocenters. The third kappa shape index (κ3) is 2.72. The van der Waals surface area contributed by atoms with E-state index in [4.69, 9.17) is 0 Å². The molecule has 0 fully saturated rings. The van der Waals surface area contributed by atoms with Gasteiger partial charge in [0.25, 0.3) is 0 Å². The highest BCUT2D eigenvalue weighted by Crippen LogP contribution is 2.48. The molecule has 1 aromatic carbocycles. The van der Waals surface area contributed by atoms with E-state index in [-0.39, 0.29) is 17.2 Å². The van der Waals surface area contributed by atoms with Gasteiger partial charge in [0.1, 0.15) is 5.83 Å². The molecule has 114 valence electrons. The van der Waals surface area contributed by atoms with E-state index in [1.807, 2.05) is 6.08 Å². The summed E-state index contributed by atoms with van der Waals surface area (Å²) in [7, 11) is 0. The highest BCUT2D eigenvalue weighted by Gasteiger charge is 2.35. The molecule has 2 atom stereocenters. The van der Waals surface area contributed by atoms with E-state index in [9.17, 15) is 4.39 Å². The van der Waals surface area contributed by atoms with Gasteiger partial charge in [-0.2, -0.15) is 0 Å². The Balaban J connectivity index is 2.13. The summed E-state index contributed by atoms with van der Waals surface area (Å²) in [6, 6.07) is 10.7. The van der Waals surface area contributed by atoms with Gasteiger partial charge < -0.3 is 0 Å². The summed E-state index contributed by atoms with van der Waals surface area (Å²) >= 11 is 5.36. The fourth-order valence-electron chi connectivity index (χ4n) is 2.86. The molecule has 0 radical (unpaired) electrons. The molecule has 0 bridgehead atoms. The summed E-state index contributed by atoms with van der Waals surface area (Å²) in [5.74, 6) is -0.0234. The zero-order valence-corrected chi connectivity index (χ0v) is 15.3. The van der Waals surface area contributed by atoms with Gasteiger partial charge in [0.2, 0.25) is 0 Å². The van der Waals surface area contributed by atoms with Crippen molar-refractivity contribution in [3.63, 3.8) is 0 Å². The van der Waals surface area contributed by atoms with Crippen LogP contribution in [0.5, 0.6) is 0 Å². The molecule has 1 aliphatic rings. The molecule has 0 nitrogen and oxygen atoms in total. The lowest BCUT2D eigenvalue weighted by molar-refractivity contribution is 0.449. The fraction of sp³-hybridized carbons (Fsp3) is 0.263. The number of hydrogen-bond donors (Lipinski definition) is 0. The third-order valence-electron chi connectivity index (χ3n) is 4.50. The minimum Gasteiger partial charge on any atom is -0.207 e. The maximum Gasteiger partial charge on any atom is 0.119 e. The molecule has 0 aliphatic heterocycles. The largest absolute Gasteiger partial charge is 0.207 e. The minimum absolute atomic E-state index is 0.118. The SMILES string of the molecule is Cc1ccc(-c2cc(Br)sc2C2(C)C=CC(F)=CC2C)cc1. The lowest BCUT2D eigenvalue weighted by Gasteiger charge is -2.33. The Hall–Kier alpha value is -1.19. The molecule has 3 rings (SSSR count). The second-order valence-electron chi connectivity index (χ2n) is 6.12. The first-order chi connectivity index (χ1) is 10.4. The first kappa shape index (κ1) is 15.7. The molecular weight excluding hydrogens is 359 g/mol. The van der Waals surface area contributed by atoms with Crippen molar-refractivity contribution >= 4 is 27.3 Å². The summed E-state index contributed by atoms with van der Waals surface area (Å²) < 4.78 is 14.6. The molecule has 2 aromatic rings. The molecule has 0 N–H and O–H groups in total. The monoisotopic (exact) mass is 376 g/mol. The molecule has 1 aromatic heterocycles. The number of aryl methyl sites for hydroxylation is 1. The van der Waals surface area contributed by atoms with Gasteiger partial charge in [-0.05, 0) is 58.1 Å². The Bertz CT molecular complexity index is 754. The van der Waals surface area contributed by atoms with Gasteiger partial charge in [-0.25, -0.2) is 4.39 Å². The maximum atomic E-state index is 13.5. The highest BCUT2D eigenvalue weighted by molar-refractivity contribution is 9.11. The molecular formula is C19H18BrFS. The van der Waals surface area contributed by atoms with E-state index >= 15 is 0 Å². The van der Waals surface area contributed by atoms with Crippen molar-refractivity contribution < 1.29 is 4.39 Å². The van der Waals surface area contributed by atoms with E-state index < -0.39 is 0 Å². The molecule has 0 saturated carbocycles. The minimum atomic E-state index is -0.188. The summed E-state index contributed by atoms with van der Waals surface area (Å²) in [6.07, 6.45) is 5.31. The highest BCUT2D eigenvalue weighted by atomic mass is 79.9. The topological polar surface area (TPSA) is 0 Å². The fourth-order valence-corrected chi connectivity index (χ4v) is 4.71. The molecule has 22 heavy (non-hydrogen) atoms. The predicted molar refractivity (Wildman–Crippen MR) is 97.0 cm³/mol. The number of allylic oxidation sites excluding steroid dienone is 4. The molecule has 3 heteroatoms. The quantitative estimate of drug-likeness (QED) is 0.540. The lowest BCUT2D eigenvalue weighted by Crippen LogP contribution is -2.28. The summed E-state index contributed by atoms with van der Waals surface area (Å²) in [4.78, 5) is 1.27. The zero-order chi connectivity index (χ0) is 15.9. The van der Waals surface area contributed by atoms with Crippen molar-refractivity contribution in [3.05, 3.63) is 68.6 Å². The Morgan fingerprint density at radius 1 is 1.23 bits per heavy atom. The smallest absolute Gasteiger partial charge is 0.119 e. The third-order valence-corrected chi connectivity index (χ3v) is 6.39. The van der Waals surface area contributed by atoms with Crippen molar-refractivity contribution in [2.45, 2.75) is 26.2 Å². The number of hydrogen-bond acceptors (Lipinski definition) is 1. The van der Waals surface area contributed by atoms with Crippen molar-refractivity contribution in [2.24, 2.45) is 5.92 Å². The predicted octanol–water partition coefficient (Wildman–Crippen LogP) is 6.80. The standard InChI is InChI=1S/C19H18BrFS/c1-12-4-6-14(7-5-12)16-11-17(20)22-18(16)19(3)9-8-15(21)10-13(19)2/h4-11,13H,1-3H3. The average molecular weight is 377 g/mol. The van der Waals surface area contributed by atoms with Crippen LogP contribution in [-0.2, 0) is 5.41 Å². The van der Waals surface area contributed by atoms with Crippen LogP contribution in [0.1, 0.15) is 24.3 Å². The van der Waals surface area contributed by atoms with Crippen molar-refractivity contribution in [1.29, 1.82) is 0 Å². The normalized spacial score (nSPS) is 24.4. The van der Waals surface area contributed by atoms with Crippen LogP contribution in [0, 0.1) is 12.8 Å². The van der Waals surface area contributed by atoms with E-state index in [2.05, 4.69) is 67.0 Å². The lowest BCUT2D eigenvalue weighted by atomic mass is 9.72. The Kier molecular flexibility index (Phi) is 4.13. The molecule has 1 aliphatic carbocycles. The maximum absolute atomic E-state index is 13.5. The van der Waals surface area contributed by atoms with Crippen LogP contribution >= 0.6 is 27.3 Å². The van der Waals surface area contributed by atoms with Gasteiger partial charge >= 0.3 is 0 Å². The molecule has 0 spiro atoms. The average Bonchev–Trinajstić information content (AvgIpc) is 2.87. The Morgan fingerprint density at radius 3 is 2.55 bits per heavy atom. The first-order valence-electron chi connectivity index (χ1n) is 7.33. The van der Waals surface area contributed by atoms with Crippen LogP contribution in [0.4, 0.5) is 4.39 Å². The Labute approximate surface area is 143 Å². The van der Waals surface area contributed by atoms with Gasteiger partial charge in [0.05, 0.1) is 3.79 Å². The zero-order valence-electron chi connectivity index (χ0n) is 12.9. The van der Waals surface area contributed by atoms with E-state index in [0.29, 0.717) is 0 Å². The number of rotatable bonds is 2. The van der Waals surface area contributed by atoms with Crippen LogP contribution in [0.25, 0.3) is 11.1 Å². The van der Waals surface area contributed by atoms with Crippen LogP contribution in [0.2, 0.25) is 0 Å². The van der Waals surface area contributed by atoms with E-state index in [0.717, 1.165) is 3.79 Å². The molecule has 1 heterocycles. The Morgan fingerprint density at radius 2 is 1.91 bits per heavy atom. The van der Waals surface area contributed by atoms with Crippen molar-refractivity contribution in [1.82, 2.24) is 0 Å². The second kappa shape index (κ2) is 5.78. The van der Waals surface area contributed by atoms with Crippen molar-refractivity contribution in [3.8, 4) is 11.1 Å². The van der Waals surface area contributed by atoms with E-state index in [1.54, 1.807) is 23.5 Å². The number of thiophene rings is 1. The summed E-state index contributed by atoms with van der Waals surface area (Å²) in [6.45, 7) is 6.36. The first-order valence-corrected chi connectivity index (χ1v) is 8.94. The second-order valence-corrected chi connectivity index (χ2v) is 8.55. The van der Waals surface area contributed by atoms with Gasteiger partial charge in [-0.15, -0.1) is 11.3 Å². The van der Waals surface area contributed by atoms with E-state index in [1.165, 1.54) is 21.6 Å². The van der Waals surface area contributed by atoms with Crippen LogP contribution in [0.3, 0.4) is 0 Å².